The van der Waals surface area contributed by atoms with Crippen LogP contribution in [0.25, 0.3) is 10.9 Å². The normalized spacial score (nSPS) is 11.7. The van der Waals surface area contributed by atoms with Gasteiger partial charge in [0, 0.05) is 17.7 Å². The molecule has 0 fully saturated rings. The van der Waals surface area contributed by atoms with Gasteiger partial charge in [0.15, 0.2) is 0 Å². The first-order valence-electron chi connectivity index (χ1n) is 11.5. The average molecular weight is 509 g/mol. The molecule has 0 bridgehead atoms. The number of amides is 1. The minimum atomic E-state index is -0.331. The molecule has 36 heavy (non-hydrogen) atoms. The number of nitrogens with one attached hydrogen (secondary N) is 2. The van der Waals surface area contributed by atoms with Crippen molar-refractivity contribution in [3.8, 4) is 11.5 Å². The molecule has 1 aromatic heterocycles. The molecule has 4 aromatic rings. The minimum absolute atomic E-state index is 0.0349. The van der Waals surface area contributed by atoms with Crippen molar-refractivity contribution in [3.63, 3.8) is 0 Å². The Kier molecular flexibility index (Phi) is 8.17. The third-order valence-corrected chi connectivity index (χ3v) is 5.69. The van der Waals surface area contributed by atoms with Crippen molar-refractivity contribution >= 4 is 39.9 Å². The van der Waals surface area contributed by atoms with Crippen LogP contribution < -0.4 is 20.1 Å². The van der Waals surface area contributed by atoms with E-state index in [1.807, 2.05) is 25.1 Å². The maximum Gasteiger partial charge on any atom is 0.219 e. The number of anilines is 2. The van der Waals surface area contributed by atoms with Gasteiger partial charge in [-0.2, -0.15) is 0 Å². The van der Waals surface area contributed by atoms with E-state index in [2.05, 4.69) is 20.6 Å². The summed E-state index contributed by atoms with van der Waals surface area (Å²) in [5.41, 5.74) is 1.82. The Morgan fingerprint density at radius 2 is 1.92 bits per heavy atom. The fourth-order valence-electron chi connectivity index (χ4n) is 3.52. The molecule has 0 spiro atoms. The fraction of sp³-hybridized carbons (Fsp3) is 0.222. The fourth-order valence-corrected chi connectivity index (χ4v) is 3.75. The summed E-state index contributed by atoms with van der Waals surface area (Å²) in [5.74, 6) is 1.20. The number of aromatic nitrogens is 2. The number of fused-ring (bicyclic) bond motifs is 1. The third-order valence-electron chi connectivity index (χ3n) is 5.40. The highest BCUT2D eigenvalue weighted by Gasteiger charge is 2.14. The molecule has 0 aliphatic carbocycles. The van der Waals surface area contributed by atoms with E-state index in [4.69, 9.17) is 21.1 Å². The molecule has 7 nitrogen and oxygen atoms in total. The number of carbonyl (C=O) groups excluding carboxylic acids is 1. The van der Waals surface area contributed by atoms with Crippen molar-refractivity contribution in [3.05, 3.63) is 83.4 Å². The highest BCUT2D eigenvalue weighted by atomic mass is 35.5. The van der Waals surface area contributed by atoms with Gasteiger partial charge in [-0.15, -0.1) is 0 Å². The second kappa shape index (κ2) is 11.7. The van der Waals surface area contributed by atoms with Crippen LogP contribution >= 0.6 is 11.6 Å². The van der Waals surface area contributed by atoms with E-state index < -0.39 is 0 Å². The molecule has 3 aromatic carbocycles. The average Bonchev–Trinajstić information content (AvgIpc) is 2.88. The van der Waals surface area contributed by atoms with Crippen LogP contribution in [-0.4, -0.2) is 28.5 Å². The van der Waals surface area contributed by atoms with E-state index in [1.54, 1.807) is 43.3 Å². The van der Waals surface area contributed by atoms with Crippen molar-refractivity contribution in [1.29, 1.82) is 0 Å². The minimum Gasteiger partial charge on any atom is -0.488 e. The summed E-state index contributed by atoms with van der Waals surface area (Å²) < 4.78 is 25.7. The number of hydrogen-bond acceptors (Lipinski definition) is 6. The summed E-state index contributed by atoms with van der Waals surface area (Å²) in [5, 5.41) is 7.17. The second-order valence-electron chi connectivity index (χ2n) is 8.11. The lowest BCUT2D eigenvalue weighted by molar-refractivity contribution is -0.121. The molecule has 1 atom stereocenters. The Labute approximate surface area is 213 Å². The second-order valence-corrected chi connectivity index (χ2v) is 8.52. The number of rotatable bonds is 10. The number of benzene rings is 3. The maximum absolute atomic E-state index is 13.9. The van der Waals surface area contributed by atoms with E-state index in [0.29, 0.717) is 57.5 Å². The van der Waals surface area contributed by atoms with Gasteiger partial charge in [-0.3, -0.25) is 4.79 Å². The molecule has 9 heteroatoms. The molecule has 0 saturated carbocycles. The van der Waals surface area contributed by atoms with Gasteiger partial charge in [-0.05, 0) is 43.3 Å². The first kappa shape index (κ1) is 25.2. The van der Waals surface area contributed by atoms with Gasteiger partial charge >= 0.3 is 0 Å². The quantitative estimate of drug-likeness (QED) is 0.272. The van der Waals surface area contributed by atoms with Crippen molar-refractivity contribution in [2.45, 2.75) is 33.0 Å². The number of carbonyl (C=O) groups is 1. The van der Waals surface area contributed by atoms with Crippen molar-refractivity contribution in [2.24, 2.45) is 0 Å². The summed E-state index contributed by atoms with van der Waals surface area (Å²) in [7, 11) is 0. The van der Waals surface area contributed by atoms with Crippen LogP contribution in [0.3, 0.4) is 0 Å². The standard InChI is InChI=1S/C27H26ClFN4O3/c1-3-25(34)30-14-17(2)36-24-10-6-9-22-26(24)27(32-16-31-22)33-19-11-12-23(20(28)13-19)35-15-18-7-4-5-8-21(18)29/h4-13,16-17H,3,14-15H2,1-2H3,(H,30,34)(H,31,32,33). The van der Waals surface area contributed by atoms with Crippen molar-refractivity contribution in [1.82, 2.24) is 15.3 Å². The topological polar surface area (TPSA) is 85.4 Å². The summed E-state index contributed by atoms with van der Waals surface area (Å²) in [6.45, 7) is 4.12. The zero-order valence-corrected chi connectivity index (χ0v) is 20.7. The van der Waals surface area contributed by atoms with Crippen molar-refractivity contribution in [2.75, 3.05) is 11.9 Å². The lowest BCUT2D eigenvalue weighted by atomic mass is 10.2. The third kappa shape index (κ3) is 6.20. The largest absolute Gasteiger partial charge is 0.488 e. The van der Waals surface area contributed by atoms with E-state index in [1.165, 1.54) is 12.4 Å². The van der Waals surface area contributed by atoms with Gasteiger partial charge in [-0.1, -0.05) is 42.8 Å². The van der Waals surface area contributed by atoms with E-state index >= 15 is 0 Å². The van der Waals surface area contributed by atoms with Crippen molar-refractivity contribution < 1.29 is 18.7 Å². The Bertz CT molecular complexity index is 1360. The van der Waals surface area contributed by atoms with Gasteiger partial charge in [0.05, 0.1) is 22.5 Å². The lowest BCUT2D eigenvalue weighted by Gasteiger charge is -2.18. The van der Waals surface area contributed by atoms with Gasteiger partial charge in [0.25, 0.3) is 0 Å². The smallest absolute Gasteiger partial charge is 0.219 e. The zero-order chi connectivity index (χ0) is 25.5. The molecule has 2 N–H and O–H groups in total. The number of ether oxygens (including phenoxy) is 2. The summed E-state index contributed by atoms with van der Waals surface area (Å²) in [6, 6.07) is 17.2. The first-order valence-corrected chi connectivity index (χ1v) is 11.9. The number of halogens is 2. The van der Waals surface area contributed by atoms with Crippen LogP contribution in [0.4, 0.5) is 15.9 Å². The van der Waals surface area contributed by atoms with Crippen LogP contribution in [0.5, 0.6) is 11.5 Å². The first-order chi connectivity index (χ1) is 17.4. The highest BCUT2D eigenvalue weighted by Crippen LogP contribution is 2.34. The molecule has 1 unspecified atom stereocenters. The SMILES string of the molecule is CCC(=O)NCC(C)Oc1cccc2ncnc(Nc3ccc(OCc4ccccc4F)c(Cl)c3)c12. The van der Waals surface area contributed by atoms with E-state index in [-0.39, 0.29) is 24.4 Å². The van der Waals surface area contributed by atoms with Crippen LogP contribution in [0.1, 0.15) is 25.8 Å². The van der Waals surface area contributed by atoms with E-state index in [0.717, 1.165) is 0 Å². The molecule has 0 radical (unpaired) electrons. The Morgan fingerprint density at radius 3 is 2.69 bits per heavy atom. The molecule has 0 aliphatic heterocycles. The Hall–Kier alpha value is -3.91. The van der Waals surface area contributed by atoms with Crippen LogP contribution in [0.2, 0.25) is 5.02 Å². The molecular formula is C27H26ClFN4O3. The molecule has 186 valence electrons. The summed E-state index contributed by atoms with van der Waals surface area (Å²) in [4.78, 5) is 20.3. The maximum atomic E-state index is 13.9. The molecule has 1 heterocycles. The summed E-state index contributed by atoms with van der Waals surface area (Å²) >= 11 is 6.44. The van der Waals surface area contributed by atoms with Gasteiger partial charge in [-0.25, -0.2) is 14.4 Å². The Balaban J connectivity index is 1.52. The monoisotopic (exact) mass is 508 g/mol. The van der Waals surface area contributed by atoms with Gasteiger partial charge in [0.1, 0.15) is 42.2 Å². The zero-order valence-electron chi connectivity index (χ0n) is 19.9. The van der Waals surface area contributed by atoms with Gasteiger partial charge < -0.3 is 20.1 Å². The molecule has 1 amide bonds. The van der Waals surface area contributed by atoms with Crippen LogP contribution in [-0.2, 0) is 11.4 Å². The molecule has 4 rings (SSSR count). The predicted molar refractivity (Wildman–Crippen MR) is 138 cm³/mol. The molecular weight excluding hydrogens is 483 g/mol. The molecule has 0 saturated heterocycles. The number of nitrogens with zero attached hydrogens (tertiary/aromatic N) is 2. The Morgan fingerprint density at radius 1 is 1.08 bits per heavy atom. The lowest BCUT2D eigenvalue weighted by Crippen LogP contribution is -2.33. The predicted octanol–water partition coefficient (Wildman–Crippen LogP) is 6.04. The molecule has 0 aliphatic rings. The van der Waals surface area contributed by atoms with Crippen LogP contribution in [0, 0.1) is 5.82 Å². The number of hydrogen-bond donors (Lipinski definition) is 2. The van der Waals surface area contributed by atoms with Gasteiger partial charge in [0.2, 0.25) is 5.91 Å². The highest BCUT2D eigenvalue weighted by molar-refractivity contribution is 6.32. The van der Waals surface area contributed by atoms with Crippen LogP contribution in [0.15, 0.2) is 67.0 Å². The van der Waals surface area contributed by atoms with E-state index in [9.17, 15) is 9.18 Å². The summed E-state index contributed by atoms with van der Waals surface area (Å²) in [6.07, 6.45) is 1.62.